The predicted molar refractivity (Wildman–Crippen MR) is 60.7 cm³/mol. The van der Waals surface area contributed by atoms with Gasteiger partial charge in [0.05, 0.1) is 24.9 Å². The Labute approximate surface area is 106 Å². The van der Waals surface area contributed by atoms with Crippen LogP contribution in [0.15, 0.2) is 18.2 Å². The summed E-state index contributed by atoms with van der Waals surface area (Å²) in [5, 5.41) is 1.72. The fourth-order valence-electron chi connectivity index (χ4n) is 1.33. The van der Waals surface area contributed by atoms with Crippen molar-refractivity contribution in [2.45, 2.75) is 12.3 Å². The maximum atomic E-state index is 12.7. The zero-order valence-electron chi connectivity index (χ0n) is 9.92. The van der Waals surface area contributed by atoms with Crippen LogP contribution in [-0.4, -0.2) is 31.9 Å². The second-order valence-corrected chi connectivity index (χ2v) is 3.67. The number of ether oxygens (including phenoxy) is 1. The number of carbonyl (C=O) groups excluding carboxylic acids is 1. The van der Waals surface area contributed by atoms with Crippen molar-refractivity contribution >= 4 is 11.6 Å². The van der Waals surface area contributed by atoms with Crippen molar-refractivity contribution in [3.63, 3.8) is 0 Å². The van der Waals surface area contributed by atoms with Gasteiger partial charge >= 0.3 is 12.3 Å². The number of nitrogens with two attached hydrogens (primary N) is 1. The molecule has 0 heterocycles. The van der Waals surface area contributed by atoms with E-state index < -0.39 is 24.8 Å². The second kappa shape index (κ2) is 5.77. The molecule has 0 bridgehead atoms. The summed E-state index contributed by atoms with van der Waals surface area (Å²) in [5.74, 6) is -5.26. The number of amides is 1. The molecule has 106 valence electrons. The van der Waals surface area contributed by atoms with Crippen LogP contribution in [0.2, 0.25) is 0 Å². The highest BCUT2D eigenvalue weighted by atomic mass is 19.3. The molecule has 1 aromatic carbocycles. The largest absolute Gasteiger partial charge is 0.494 e. The number of rotatable bonds is 5. The Bertz CT molecular complexity index is 466. The van der Waals surface area contributed by atoms with Crippen molar-refractivity contribution in [3.8, 4) is 5.75 Å². The molecule has 0 saturated heterocycles. The SMILES string of the molecule is COc1c(N)cccc1C(=O)NCC(F)(F)C(F)F. The minimum atomic E-state index is -4.29. The van der Waals surface area contributed by atoms with Gasteiger partial charge in [-0.15, -0.1) is 0 Å². The van der Waals surface area contributed by atoms with Gasteiger partial charge in [-0.3, -0.25) is 4.79 Å². The Morgan fingerprint density at radius 2 is 2.11 bits per heavy atom. The summed E-state index contributed by atoms with van der Waals surface area (Å²) in [6, 6.07) is 4.15. The predicted octanol–water partition coefficient (Wildman–Crippen LogP) is 1.91. The first-order valence-electron chi connectivity index (χ1n) is 5.16. The lowest BCUT2D eigenvalue weighted by Crippen LogP contribution is -2.41. The van der Waals surface area contributed by atoms with E-state index in [1.807, 2.05) is 0 Å². The summed E-state index contributed by atoms with van der Waals surface area (Å²) in [5.41, 5.74) is 5.56. The number of alkyl halides is 4. The molecule has 19 heavy (non-hydrogen) atoms. The number of hydrogen-bond donors (Lipinski definition) is 2. The molecule has 1 rings (SSSR count). The normalized spacial score (nSPS) is 11.5. The first-order chi connectivity index (χ1) is 8.79. The van der Waals surface area contributed by atoms with Crippen LogP contribution >= 0.6 is 0 Å². The van der Waals surface area contributed by atoms with Gasteiger partial charge in [0.1, 0.15) is 0 Å². The Kier molecular flexibility index (Phi) is 4.57. The van der Waals surface area contributed by atoms with E-state index in [0.29, 0.717) is 0 Å². The molecule has 8 heteroatoms. The lowest BCUT2D eigenvalue weighted by atomic mass is 10.1. The molecule has 0 saturated carbocycles. The number of benzene rings is 1. The lowest BCUT2D eigenvalue weighted by Gasteiger charge is -2.16. The third kappa shape index (κ3) is 3.49. The van der Waals surface area contributed by atoms with Gasteiger partial charge in [0.15, 0.2) is 5.75 Å². The first-order valence-corrected chi connectivity index (χ1v) is 5.16. The third-order valence-corrected chi connectivity index (χ3v) is 2.30. The van der Waals surface area contributed by atoms with Crippen molar-refractivity contribution in [1.82, 2.24) is 5.32 Å². The molecule has 0 aliphatic heterocycles. The number of halogens is 4. The summed E-state index contributed by atoms with van der Waals surface area (Å²) in [6.45, 7) is -1.47. The van der Waals surface area contributed by atoms with E-state index >= 15 is 0 Å². The van der Waals surface area contributed by atoms with Gasteiger partial charge in [-0.25, -0.2) is 8.78 Å². The average molecular weight is 280 g/mol. The van der Waals surface area contributed by atoms with Crippen LogP contribution in [0.4, 0.5) is 23.2 Å². The molecular weight excluding hydrogens is 268 g/mol. The number of carbonyl (C=O) groups is 1. The van der Waals surface area contributed by atoms with E-state index in [4.69, 9.17) is 10.5 Å². The van der Waals surface area contributed by atoms with Crippen LogP contribution in [0.25, 0.3) is 0 Å². The molecule has 0 radical (unpaired) electrons. The van der Waals surface area contributed by atoms with Crippen molar-refractivity contribution in [2.24, 2.45) is 0 Å². The summed E-state index contributed by atoms with van der Waals surface area (Å²) < 4.78 is 54.0. The topological polar surface area (TPSA) is 64.3 Å². The van der Waals surface area contributed by atoms with Crippen molar-refractivity contribution in [2.75, 3.05) is 19.4 Å². The molecule has 0 fully saturated rings. The molecule has 0 unspecified atom stereocenters. The van der Waals surface area contributed by atoms with Gasteiger partial charge in [-0.2, -0.15) is 8.78 Å². The van der Waals surface area contributed by atoms with Gasteiger partial charge in [0.2, 0.25) is 0 Å². The highest BCUT2D eigenvalue weighted by molar-refractivity contribution is 5.98. The molecule has 0 aliphatic carbocycles. The Morgan fingerprint density at radius 1 is 1.47 bits per heavy atom. The highest BCUT2D eigenvalue weighted by Gasteiger charge is 2.41. The average Bonchev–Trinajstić information content (AvgIpc) is 2.35. The van der Waals surface area contributed by atoms with Gasteiger partial charge in [0, 0.05) is 0 Å². The molecule has 1 amide bonds. The number of methoxy groups -OCH3 is 1. The van der Waals surface area contributed by atoms with Gasteiger partial charge in [0.25, 0.3) is 5.91 Å². The summed E-state index contributed by atoms with van der Waals surface area (Å²) in [6.07, 6.45) is -3.85. The van der Waals surface area contributed by atoms with E-state index in [0.717, 1.165) is 0 Å². The number of hydrogen-bond acceptors (Lipinski definition) is 3. The third-order valence-electron chi connectivity index (χ3n) is 2.30. The highest BCUT2D eigenvalue weighted by Crippen LogP contribution is 2.26. The number of nitrogen functional groups attached to an aromatic ring is 1. The first kappa shape index (κ1) is 15.1. The van der Waals surface area contributed by atoms with E-state index in [1.165, 1.54) is 25.3 Å². The van der Waals surface area contributed by atoms with Crippen LogP contribution < -0.4 is 15.8 Å². The van der Waals surface area contributed by atoms with Crippen LogP contribution in [0, 0.1) is 0 Å². The van der Waals surface area contributed by atoms with Crippen LogP contribution in [0.1, 0.15) is 10.4 Å². The maximum Gasteiger partial charge on any atom is 0.324 e. The van der Waals surface area contributed by atoms with E-state index in [9.17, 15) is 22.4 Å². The summed E-state index contributed by atoms with van der Waals surface area (Å²) >= 11 is 0. The quantitative estimate of drug-likeness (QED) is 0.639. The lowest BCUT2D eigenvalue weighted by molar-refractivity contribution is -0.123. The van der Waals surface area contributed by atoms with Crippen LogP contribution in [-0.2, 0) is 0 Å². The van der Waals surface area contributed by atoms with Gasteiger partial charge in [-0.1, -0.05) is 6.07 Å². The smallest absolute Gasteiger partial charge is 0.324 e. The number of nitrogens with one attached hydrogen (secondary N) is 1. The molecule has 3 N–H and O–H groups in total. The molecule has 0 spiro atoms. The Hall–Kier alpha value is -1.99. The zero-order chi connectivity index (χ0) is 14.6. The van der Waals surface area contributed by atoms with Gasteiger partial charge < -0.3 is 15.8 Å². The van der Waals surface area contributed by atoms with Crippen molar-refractivity contribution < 1.29 is 27.1 Å². The van der Waals surface area contributed by atoms with E-state index in [-0.39, 0.29) is 17.0 Å². The minimum Gasteiger partial charge on any atom is -0.494 e. The van der Waals surface area contributed by atoms with Crippen LogP contribution in [0.3, 0.4) is 0 Å². The summed E-state index contributed by atoms with van der Waals surface area (Å²) in [7, 11) is 1.25. The molecular formula is C11H12F4N2O2. The van der Waals surface area contributed by atoms with E-state index in [1.54, 1.807) is 5.32 Å². The monoisotopic (exact) mass is 280 g/mol. The second-order valence-electron chi connectivity index (χ2n) is 3.67. The summed E-state index contributed by atoms with van der Waals surface area (Å²) in [4.78, 5) is 11.6. The van der Waals surface area contributed by atoms with Crippen molar-refractivity contribution in [3.05, 3.63) is 23.8 Å². The van der Waals surface area contributed by atoms with Gasteiger partial charge in [-0.05, 0) is 12.1 Å². The molecule has 0 atom stereocenters. The fraction of sp³-hybridized carbons (Fsp3) is 0.364. The van der Waals surface area contributed by atoms with Crippen molar-refractivity contribution in [1.29, 1.82) is 0 Å². The maximum absolute atomic E-state index is 12.7. The molecule has 0 aromatic heterocycles. The van der Waals surface area contributed by atoms with Crippen LogP contribution in [0.5, 0.6) is 5.75 Å². The number of anilines is 1. The standard InChI is InChI=1S/C11H12F4N2O2/c1-19-8-6(3-2-4-7(8)16)9(18)17-5-11(14,15)10(12)13/h2-4,10H,5,16H2,1H3,(H,17,18). The zero-order valence-corrected chi connectivity index (χ0v) is 9.92. The Morgan fingerprint density at radius 3 is 2.63 bits per heavy atom. The minimum absolute atomic E-state index is 0.000336. The molecule has 0 aliphatic rings. The fourth-order valence-corrected chi connectivity index (χ4v) is 1.33. The molecule has 4 nitrogen and oxygen atoms in total. The molecule has 1 aromatic rings. The Balaban J connectivity index is 2.83. The van der Waals surface area contributed by atoms with E-state index in [2.05, 4.69) is 0 Å². The number of para-hydroxylation sites is 1.